The summed E-state index contributed by atoms with van der Waals surface area (Å²) in [5.41, 5.74) is 1.82. The first kappa shape index (κ1) is 29.1. The van der Waals surface area contributed by atoms with Gasteiger partial charge in [0.1, 0.15) is 0 Å². The summed E-state index contributed by atoms with van der Waals surface area (Å²) in [6.07, 6.45) is 4.35. The zero-order chi connectivity index (χ0) is 30.4. The van der Waals surface area contributed by atoms with Gasteiger partial charge in [-0.15, -0.1) is 0 Å². The Bertz CT molecular complexity index is 1540. The first-order chi connectivity index (χ1) is 20.5. The molecule has 1 aromatic heterocycles. The van der Waals surface area contributed by atoms with Gasteiger partial charge in [-0.3, -0.25) is 23.9 Å². The molecule has 1 aliphatic carbocycles. The predicted molar refractivity (Wildman–Crippen MR) is 161 cm³/mol. The molecule has 3 aliphatic rings. The molecule has 1 unspecified atom stereocenters. The van der Waals surface area contributed by atoms with Gasteiger partial charge in [-0.1, -0.05) is 67.9 Å². The number of nitrogens with one attached hydrogen (secondary N) is 1. The molecule has 2 aliphatic heterocycles. The molecule has 0 radical (unpaired) electrons. The zero-order valence-corrected chi connectivity index (χ0v) is 25.2. The molecular formula is C33H36ClN5O4. The third-order valence-corrected chi connectivity index (χ3v) is 9.48. The second-order valence-corrected chi connectivity index (χ2v) is 13.4. The summed E-state index contributed by atoms with van der Waals surface area (Å²) in [7, 11) is 0. The number of hydrogen-bond acceptors (Lipinski definition) is 5. The summed E-state index contributed by atoms with van der Waals surface area (Å²) in [6.45, 7) is 6.06. The highest BCUT2D eigenvalue weighted by molar-refractivity contribution is 6.30. The number of hydrogen-bond donors (Lipinski definition) is 1. The van der Waals surface area contributed by atoms with E-state index in [4.69, 9.17) is 11.6 Å². The molecule has 3 aromatic rings. The van der Waals surface area contributed by atoms with Gasteiger partial charge in [-0.25, -0.2) is 0 Å². The molecule has 1 saturated carbocycles. The lowest BCUT2D eigenvalue weighted by Crippen LogP contribution is -2.64. The van der Waals surface area contributed by atoms with Crippen molar-refractivity contribution in [2.45, 2.75) is 33.2 Å². The second kappa shape index (κ2) is 11.3. The number of aromatic nitrogens is 2. The van der Waals surface area contributed by atoms with Gasteiger partial charge in [0, 0.05) is 55.2 Å². The topological polar surface area (TPSA) is 105 Å². The van der Waals surface area contributed by atoms with E-state index in [1.807, 2.05) is 35.2 Å². The van der Waals surface area contributed by atoms with Gasteiger partial charge in [0.05, 0.1) is 30.8 Å². The Labute approximate surface area is 256 Å². The third-order valence-electron chi connectivity index (χ3n) is 9.23. The van der Waals surface area contributed by atoms with Crippen LogP contribution in [0.5, 0.6) is 0 Å². The van der Waals surface area contributed by atoms with Gasteiger partial charge < -0.3 is 15.1 Å². The van der Waals surface area contributed by atoms with Gasteiger partial charge in [0.2, 0.25) is 11.8 Å². The number of Topliss-reactive ketones (excluding diaryl/α,β-unsaturated/α-hetero) is 1. The van der Waals surface area contributed by atoms with Crippen LogP contribution in [-0.4, -0.2) is 75.8 Å². The number of carbonyl (C=O) groups excluding carboxylic acids is 4. The molecule has 3 heterocycles. The van der Waals surface area contributed by atoms with Gasteiger partial charge in [0.15, 0.2) is 5.78 Å². The summed E-state index contributed by atoms with van der Waals surface area (Å²) in [4.78, 5) is 56.5. The number of likely N-dealkylation sites (tertiary alicyclic amines) is 2. The van der Waals surface area contributed by atoms with E-state index in [2.05, 4.69) is 24.3 Å². The normalized spacial score (nSPS) is 21.4. The van der Waals surface area contributed by atoms with E-state index in [0.717, 1.165) is 17.5 Å². The lowest BCUT2D eigenvalue weighted by Gasteiger charge is -2.50. The average Bonchev–Trinajstić information content (AvgIpc) is 3.29. The Kier molecular flexibility index (Phi) is 7.62. The van der Waals surface area contributed by atoms with E-state index in [9.17, 15) is 19.2 Å². The maximum Gasteiger partial charge on any atom is 0.257 e. The standard InChI is InChI=1S/C33H36ClN5O4/c1-32(2)13-27(32)31(43)38-20-33(21-38)19-37(30(42)24-14-36-39(17-24)16-23-6-4-3-5-7-23)18-28(33)29(41)35-15-26(40)12-22-8-10-25(34)11-9-22/h3-11,14,17,27-28H,12-13,15-16,18-21H2,1-2H3,(H,35,41)/t27-,28?/m1/s1. The first-order valence-corrected chi connectivity index (χ1v) is 15.1. The summed E-state index contributed by atoms with van der Waals surface area (Å²) in [5.74, 6) is -0.977. The van der Waals surface area contributed by atoms with Gasteiger partial charge in [-0.2, -0.15) is 5.10 Å². The molecule has 224 valence electrons. The maximum atomic E-state index is 13.6. The number of rotatable bonds is 9. The van der Waals surface area contributed by atoms with Crippen molar-refractivity contribution < 1.29 is 19.2 Å². The third kappa shape index (κ3) is 6.09. The highest BCUT2D eigenvalue weighted by Crippen LogP contribution is 2.54. The van der Waals surface area contributed by atoms with Crippen molar-refractivity contribution in [1.29, 1.82) is 0 Å². The van der Waals surface area contributed by atoms with Crippen LogP contribution in [0.1, 0.15) is 41.8 Å². The van der Waals surface area contributed by atoms with E-state index in [1.54, 1.807) is 46.2 Å². The SMILES string of the molecule is CC1(C)C[C@@H]1C(=O)N1CC2(CN(C(=O)c3cnn(Cc4ccccc4)c3)CC2C(=O)NCC(=O)Cc2ccc(Cl)cc2)C1. The van der Waals surface area contributed by atoms with Crippen molar-refractivity contribution in [3.05, 3.63) is 88.7 Å². The molecule has 1 N–H and O–H groups in total. The molecule has 43 heavy (non-hydrogen) atoms. The van der Waals surface area contributed by atoms with E-state index >= 15 is 0 Å². The van der Waals surface area contributed by atoms with Crippen LogP contribution >= 0.6 is 11.6 Å². The lowest BCUT2D eigenvalue weighted by molar-refractivity contribution is -0.151. The minimum absolute atomic E-state index is 0.0113. The van der Waals surface area contributed by atoms with Crippen LogP contribution in [0, 0.1) is 22.7 Å². The highest BCUT2D eigenvalue weighted by atomic mass is 35.5. The number of amides is 3. The molecule has 9 nitrogen and oxygen atoms in total. The number of halogens is 1. The second-order valence-electron chi connectivity index (χ2n) is 13.0. The maximum absolute atomic E-state index is 13.6. The molecule has 2 saturated heterocycles. The van der Waals surface area contributed by atoms with Crippen molar-refractivity contribution in [2.75, 3.05) is 32.7 Å². The largest absolute Gasteiger partial charge is 0.349 e. The van der Waals surface area contributed by atoms with Crippen molar-refractivity contribution in [1.82, 2.24) is 24.9 Å². The van der Waals surface area contributed by atoms with E-state index < -0.39 is 11.3 Å². The van der Waals surface area contributed by atoms with E-state index in [-0.39, 0.29) is 54.3 Å². The van der Waals surface area contributed by atoms with E-state index in [0.29, 0.717) is 36.8 Å². The number of ketones is 1. The first-order valence-electron chi connectivity index (χ1n) is 14.7. The molecule has 0 bridgehead atoms. The number of benzene rings is 2. The molecule has 3 fully saturated rings. The van der Waals surface area contributed by atoms with Crippen LogP contribution in [0.25, 0.3) is 0 Å². The van der Waals surface area contributed by atoms with Crippen LogP contribution in [0.2, 0.25) is 5.02 Å². The fraction of sp³-hybridized carbons (Fsp3) is 0.424. The average molecular weight is 602 g/mol. The monoisotopic (exact) mass is 601 g/mol. The van der Waals surface area contributed by atoms with Crippen molar-refractivity contribution in [3.63, 3.8) is 0 Å². The van der Waals surface area contributed by atoms with Crippen LogP contribution < -0.4 is 5.32 Å². The summed E-state index contributed by atoms with van der Waals surface area (Å²) in [5, 5.41) is 7.81. The Morgan fingerprint density at radius 2 is 1.60 bits per heavy atom. The number of nitrogens with zero attached hydrogens (tertiary/aromatic N) is 4. The molecule has 10 heteroatoms. The fourth-order valence-electron chi connectivity index (χ4n) is 6.50. The van der Waals surface area contributed by atoms with E-state index in [1.165, 1.54) is 0 Å². The van der Waals surface area contributed by atoms with Crippen LogP contribution in [0.3, 0.4) is 0 Å². The van der Waals surface area contributed by atoms with Crippen LogP contribution in [-0.2, 0) is 27.3 Å². The quantitative estimate of drug-likeness (QED) is 0.405. The summed E-state index contributed by atoms with van der Waals surface area (Å²) >= 11 is 5.94. The molecule has 2 aromatic carbocycles. The molecule has 3 amide bonds. The summed E-state index contributed by atoms with van der Waals surface area (Å²) in [6, 6.07) is 16.9. The fourth-order valence-corrected chi connectivity index (χ4v) is 6.62. The van der Waals surface area contributed by atoms with Crippen molar-refractivity contribution in [3.8, 4) is 0 Å². The Morgan fingerprint density at radius 1 is 0.930 bits per heavy atom. The predicted octanol–water partition coefficient (Wildman–Crippen LogP) is 3.46. The van der Waals surface area contributed by atoms with Gasteiger partial charge in [-0.05, 0) is 35.1 Å². The minimum Gasteiger partial charge on any atom is -0.349 e. The smallest absolute Gasteiger partial charge is 0.257 e. The number of carbonyl (C=O) groups is 4. The van der Waals surface area contributed by atoms with Gasteiger partial charge in [0.25, 0.3) is 5.91 Å². The Morgan fingerprint density at radius 3 is 2.28 bits per heavy atom. The molecule has 2 atom stereocenters. The summed E-state index contributed by atoms with van der Waals surface area (Å²) < 4.78 is 1.73. The van der Waals surface area contributed by atoms with Gasteiger partial charge >= 0.3 is 0 Å². The highest BCUT2D eigenvalue weighted by Gasteiger charge is 2.61. The van der Waals surface area contributed by atoms with Crippen LogP contribution in [0.4, 0.5) is 0 Å². The molecular weight excluding hydrogens is 566 g/mol. The van der Waals surface area contributed by atoms with Crippen molar-refractivity contribution >= 4 is 35.1 Å². The Balaban J connectivity index is 1.13. The Hall–Kier alpha value is -3.98. The minimum atomic E-state index is -0.548. The van der Waals surface area contributed by atoms with Crippen LogP contribution in [0.15, 0.2) is 67.0 Å². The molecule has 6 rings (SSSR count). The molecule has 1 spiro atoms. The van der Waals surface area contributed by atoms with Crippen molar-refractivity contribution in [2.24, 2.45) is 22.7 Å². The lowest BCUT2D eigenvalue weighted by atomic mass is 9.71. The zero-order valence-electron chi connectivity index (χ0n) is 24.5.